The minimum Gasteiger partial charge on any atom is -0.322 e. The quantitative estimate of drug-likeness (QED) is 0.855. The summed E-state index contributed by atoms with van der Waals surface area (Å²) in [5, 5.41) is -0.0108. The van der Waals surface area contributed by atoms with E-state index in [1.54, 1.807) is 19.1 Å². The lowest BCUT2D eigenvalue weighted by Gasteiger charge is -2.33. The summed E-state index contributed by atoms with van der Waals surface area (Å²) in [5.41, 5.74) is 12.0. The zero-order valence-electron chi connectivity index (χ0n) is 11.4. The first-order valence-corrected chi connectivity index (χ1v) is 6.66. The number of hydrogen-bond acceptors (Lipinski definition) is 2. The zero-order valence-corrected chi connectivity index (χ0v) is 12.2. The first-order valence-electron chi connectivity index (χ1n) is 6.28. The average Bonchev–Trinajstić information content (AvgIpc) is 2.40. The highest BCUT2D eigenvalue weighted by Gasteiger charge is 2.33. The molecule has 0 saturated heterocycles. The van der Waals surface area contributed by atoms with Gasteiger partial charge in [-0.3, -0.25) is 0 Å². The van der Waals surface area contributed by atoms with Crippen LogP contribution in [0, 0.1) is 11.6 Å². The van der Waals surface area contributed by atoms with Crippen LogP contribution >= 0.6 is 11.6 Å². The third-order valence-electron chi connectivity index (χ3n) is 3.52. The van der Waals surface area contributed by atoms with Gasteiger partial charge in [0.15, 0.2) is 0 Å². The summed E-state index contributed by atoms with van der Waals surface area (Å²) in [6, 6.07) is 7.54. The Morgan fingerprint density at radius 3 is 2.38 bits per heavy atom. The van der Waals surface area contributed by atoms with Crippen LogP contribution < -0.4 is 16.9 Å². The molecule has 2 rings (SSSR count). The molecular formula is C15H14BClF2N2. The Morgan fingerprint density at radius 1 is 1.14 bits per heavy atom. The van der Waals surface area contributed by atoms with Gasteiger partial charge in [-0.1, -0.05) is 35.3 Å². The normalized spacial score (nSPS) is 15.5. The van der Waals surface area contributed by atoms with Crippen molar-refractivity contribution in [3.8, 4) is 0 Å². The number of rotatable bonds is 3. The van der Waals surface area contributed by atoms with Crippen LogP contribution in [-0.2, 0) is 5.54 Å². The number of halogens is 3. The van der Waals surface area contributed by atoms with E-state index in [1.165, 1.54) is 24.3 Å². The van der Waals surface area contributed by atoms with E-state index in [-0.39, 0.29) is 16.0 Å². The smallest absolute Gasteiger partial charge is 0.142 e. The SMILES string of the molecule is [B]c1ccc(C(C)(N)C(N)c2ccc(Cl)c(F)c2)c(F)c1. The average molecular weight is 307 g/mol. The van der Waals surface area contributed by atoms with Crippen molar-refractivity contribution in [2.45, 2.75) is 18.5 Å². The van der Waals surface area contributed by atoms with Crippen molar-refractivity contribution in [1.82, 2.24) is 0 Å². The minimum absolute atomic E-state index is 0.0108. The van der Waals surface area contributed by atoms with Crippen molar-refractivity contribution < 1.29 is 8.78 Å². The van der Waals surface area contributed by atoms with Crippen molar-refractivity contribution >= 4 is 24.9 Å². The second-order valence-corrected chi connectivity index (χ2v) is 5.58. The Hall–Kier alpha value is -1.43. The molecule has 0 aliphatic heterocycles. The maximum atomic E-state index is 14.1. The number of nitrogens with two attached hydrogens (primary N) is 2. The van der Waals surface area contributed by atoms with E-state index in [9.17, 15) is 8.78 Å². The van der Waals surface area contributed by atoms with E-state index in [2.05, 4.69) is 0 Å². The topological polar surface area (TPSA) is 52.0 Å². The standard InChI is InChI=1S/C15H14BClF2N2/c1-15(21,10-4-3-9(16)7-12(10)18)14(20)8-2-5-11(17)13(19)6-8/h2-7,14H,20-21H2,1H3. The second-order valence-electron chi connectivity index (χ2n) is 5.17. The van der Waals surface area contributed by atoms with Crippen molar-refractivity contribution in [2.24, 2.45) is 11.5 Å². The number of benzene rings is 2. The van der Waals surface area contributed by atoms with Crippen molar-refractivity contribution in [3.63, 3.8) is 0 Å². The molecule has 2 radical (unpaired) electrons. The first-order chi connectivity index (χ1) is 9.73. The lowest BCUT2D eigenvalue weighted by molar-refractivity contribution is 0.378. The van der Waals surface area contributed by atoms with Gasteiger partial charge in [0, 0.05) is 5.56 Å². The molecule has 2 aromatic rings. The van der Waals surface area contributed by atoms with Crippen LogP contribution in [0.3, 0.4) is 0 Å². The van der Waals surface area contributed by atoms with Crippen LogP contribution in [0.4, 0.5) is 8.78 Å². The molecule has 0 heterocycles. The predicted molar refractivity (Wildman–Crippen MR) is 81.7 cm³/mol. The fourth-order valence-corrected chi connectivity index (χ4v) is 2.31. The second kappa shape index (κ2) is 5.75. The Bertz CT molecular complexity index is 677. The lowest BCUT2D eigenvalue weighted by Crippen LogP contribution is -2.45. The lowest BCUT2D eigenvalue weighted by atomic mass is 9.80. The minimum atomic E-state index is -1.24. The van der Waals surface area contributed by atoms with E-state index < -0.39 is 23.2 Å². The largest absolute Gasteiger partial charge is 0.322 e. The first kappa shape index (κ1) is 16.0. The van der Waals surface area contributed by atoms with E-state index >= 15 is 0 Å². The van der Waals surface area contributed by atoms with Crippen LogP contribution in [0.2, 0.25) is 5.02 Å². The van der Waals surface area contributed by atoms with Gasteiger partial charge in [0.1, 0.15) is 19.5 Å². The van der Waals surface area contributed by atoms with E-state index in [1.807, 2.05) is 0 Å². The molecule has 0 fully saturated rings. The van der Waals surface area contributed by atoms with Crippen molar-refractivity contribution in [1.29, 1.82) is 0 Å². The van der Waals surface area contributed by atoms with Gasteiger partial charge in [-0.25, -0.2) is 8.78 Å². The molecule has 2 unspecified atom stereocenters. The molecule has 4 N–H and O–H groups in total. The molecule has 0 amide bonds. The molecule has 0 aromatic heterocycles. The van der Waals surface area contributed by atoms with Crippen molar-refractivity contribution in [2.75, 3.05) is 0 Å². The van der Waals surface area contributed by atoms with Gasteiger partial charge in [0.2, 0.25) is 0 Å². The summed E-state index contributed by atoms with van der Waals surface area (Å²) >= 11 is 5.64. The third kappa shape index (κ3) is 3.10. The summed E-state index contributed by atoms with van der Waals surface area (Å²) in [6.45, 7) is 1.58. The summed E-state index contributed by atoms with van der Waals surface area (Å²) in [4.78, 5) is 0. The fourth-order valence-electron chi connectivity index (χ4n) is 2.19. The molecule has 0 aliphatic rings. The van der Waals surface area contributed by atoms with Gasteiger partial charge in [-0.05, 0) is 30.7 Å². The Morgan fingerprint density at radius 2 is 1.81 bits per heavy atom. The van der Waals surface area contributed by atoms with Crippen LogP contribution in [0.15, 0.2) is 36.4 Å². The molecule has 2 aromatic carbocycles. The summed E-state index contributed by atoms with van der Waals surface area (Å²) in [5.74, 6) is -1.15. The maximum Gasteiger partial charge on any atom is 0.142 e. The van der Waals surface area contributed by atoms with Crippen LogP contribution in [0.25, 0.3) is 0 Å². The van der Waals surface area contributed by atoms with Crippen LogP contribution in [0.5, 0.6) is 0 Å². The van der Waals surface area contributed by atoms with Gasteiger partial charge in [-0.15, -0.1) is 0 Å². The molecular weight excluding hydrogens is 292 g/mol. The highest BCUT2D eigenvalue weighted by molar-refractivity contribution is 6.32. The molecule has 0 bridgehead atoms. The zero-order chi connectivity index (χ0) is 15.8. The highest BCUT2D eigenvalue weighted by atomic mass is 35.5. The van der Waals surface area contributed by atoms with Gasteiger partial charge < -0.3 is 11.5 Å². The Kier molecular flexibility index (Phi) is 4.37. The molecule has 0 spiro atoms. The molecule has 2 atom stereocenters. The van der Waals surface area contributed by atoms with E-state index in [0.717, 1.165) is 0 Å². The third-order valence-corrected chi connectivity index (χ3v) is 3.83. The summed E-state index contributed by atoms with van der Waals surface area (Å²) in [7, 11) is 5.52. The van der Waals surface area contributed by atoms with E-state index in [4.69, 9.17) is 30.9 Å². The monoisotopic (exact) mass is 306 g/mol. The van der Waals surface area contributed by atoms with E-state index in [0.29, 0.717) is 5.56 Å². The van der Waals surface area contributed by atoms with Crippen LogP contribution in [-0.4, -0.2) is 7.85 Å². The Balaban J connectivity index is 2.44. The van der Waals surface area contributed by atoms with Crippen LogP contribution in [0.1, 0.15) is 24.1 Å². The Labute approximate surface area is 128 Å². The van der Waals surface area contributed by atoms with Gasteiger partial charge in [-0.2, -0.15) is 0 Å². The molecule has 108 valence electrons. The molecule has 0 saturated carbocycles. The number of hydrogen-bond donors (Lipinski definition) is 2. The summed E-state index contributed by atoms with van der Waals surface area (Å²) in [6.07, 6.45) is 0. The van der Waals surface area contributed by atoms with Crippen molar-refractivity contribution in [3.05, 3.63) is 64.2 Å². The molecule has 0 aliphatic carbocycles. The molecule has 2 nitrogen and oxygen atoms in total. The van der Waals surface area contributed by atoms with Gasteiger partial charge >= 0.3 is 0 Å². The highest BCUT2D eigenvalue weighted by Crippen LogP contribution is 2.33. The summed E-state index contributed by atoms with van der Waals surface area (Å²) < 4.78 is 27.6. The van der Waals surface area contributed by atoms with Gasteiger partial charge in [0.25, 0.3) is 0 Å². The fraction of sp³-hybridized carbons (Fsp3) is 0.200. The molecule has 21 heavy (non-hydrogen) atoms. The van der Waals surface area contributed by atoms with Gasteiger partial charge in [0.05, 0.1) is 16.6 Å². The maximum absolute atomic E-state index is 14.1. The molecule has 6 heteroatoms. The predicted octanol–water partition coefficient (Wildman–Crippen LogP) is 2.29.